The van der Waals surface area contributed by atoms with Crippen molar-refractivity contribution < 1.29 is 4.79 Å². The molecule has 3 rings (SSSR count). The zero-order valence-corrected chi connectivity index (χ0v) is 13.7. The quantitative estimate of drug-likeness (QED) is 0.652. The Kier molecular flexibility index (Phi) is 4.91. The van der Waals surface area contributed by atoms with Gasteiger partial charge in [0.25, 0.3) is 0 Å². The molecular formula is C19H22N4O. The highest BCUT2D eigenvalue weighted by atomic mass is 16.1. The van der Waals surface area contributed by atoms with Crippen molar-refractivity contribution in [3.8, 4) is 0 Å². The molecule has 2 aromatic carbocycles. The maximum atomic E-state index is 12.3. The van der Waals surface area contributed by atoms with E-state index < -0.39 is 0 Å². The number of fused-ring (bicyclic) bond motifs is 1. The molecule has 5 nitrogen and oxygen atoms in total. The minimum atomic E-state index is -0.195. The van der Waals surface area contributed by atoms with Gasteiger partial charge in [-0.15, -0.1) is 0 Å². The van der Waals surface area contributed by atoms with Crippen molar-refractivity contribution in [3.05, 3.63) is 66.0 Å². The first-order chi connectivity index (χ1) is 11.6. The molecule has 1 amide bonds. The zero-order chi connectivity index (χ0) is 16.9. The Morgan fingerprint density at radius 3 is 2.75 bits per heavy atom. The summed E-state index contributed by atoms with van der Waals surface area (Å²) in [5.74, 6) is 0.00543. The molecule has 0 aliphatic carbocycles. The number of carbonyl (C=O) groups excluding carboxylic acids is 1. The summed E-state index contributed by atoms with van der Waals surface area (Å²) >= 11 is 0. The van der Waals surface area contributed by atoms with E-state index in [0.29, 0.717) is 12.8 Å². The molecule has 0 saturated carbocycles. The fourth-order valence-electron chi connectivity index (χ4n) is 2.73. The number of H-pyrrole nitrogens is 1. The number of benzene rings is 2. The zero-order valence-electron chi connectivity index (χ0n) is 13.7. The van der Waals surface area contributed by atoms with Crippen LogP contribution in [0.3, 0.4) is 0 Å². The van der Waals surface area contributed by atoms with E-state index in [4.69, 9.17) is 5.73 Å². The lowest BCUT2D eigenvalue weighted by Gasteiger charge is -2.20. The molecule has 2 unspecified atom stereocenters. The number of hydrogen-bond acceptors (Lipinski definition) is 3. The molecule has 0 saturated heterocycles. The molecule has 1 heterocycles. The summed E-state index contributed by atoms with van der Waals surface area (Å²) in [7, 11) is 0. The largest absolute Gasteiger partial charge is 0.345 e. The van der Waals surface area contributed by atoms with Gasteiger partial charge in [0.05, 0.1) is 23.4 Å². The van der Waals surface area contributed by atoms with Crippen LogP contribution in [0.5, 0.6) is 0 Å². The number of nitrogens with one attached hydrogen (secondary N) is 2. The lowest BCUT2D eigenvalue weighted by atomic mass is 9.98. The highest BCUT2D eigenvalue weighted by molar-refractivity contribution is 5.78. The van der Waals surface area contributed by atoms with Crippen molar-refractivity contribution in [1.29, 1.82) is 0 Å². The van der Waals surface area contributed by atoms with Crippen LogP contribution in [0.4, 0.5) is 0 Å². The highest BCUT2D eigenvalue weighted by Gasteiger charge is 2.17. The van der Waals surface area contributed by atoms with Crippen LogP contribution in [-0.4, -0.2) is 21.9 Å². The molecule has 0 aliphatic rings. The number of nitrogens with zero attached hydrogens (tertiary/aromatic N) is 1. The molecule has 1 aromatic heterocycles. The number of aromatic nitrogens is 2. The Morgan fingerprint density at radius 1 is 1.21 bits per heavy atom. The van der Waals surface area contributed by atoms with Crippen molar-refractivity contribution in [2.75, 3.05) is 0 Å². The second-order valence-corrected chi connectivity index (χ2v) is 6.11. The third-order valence-corrected chi connectivity index (χ3v) is 4.04. The van der Waals surface area contributed by atoms with Crippen LogP contribution in [0.15, 0.2) is 54.9 Å². The molecule has 0 spiro atoms. The van der Waals surface area contributed by atoms with E-state index in [-0.39, 0.29) is 18.0 Å². The summed E-state index contributed by atoms with van der Waals surface area (Å²) in [5.41, 5.74) is 9.69. The fraction of sp³-hybridized carbons (Fsp3) is 0.263. The third kappa shape index (κ3) is 3.81. The number of rotatable bonds is 6. The number of amides is 1. The molecular weight excluding hydrogens is 300 g/mol. The minimum absolute atomic E-state index is 0.00543. The molecule has 2 atom stereocenters. The van der Waals surface area contributed by atoms with Gasteiger partial charge < -0.3 is 16.0 Å². The summed E-state index contributed by atoms with van der Waals surface area (Å²) in [6.45, 7) is 1.91. The molecule has 0 radical (unpaired) electrons. The van der Waals surface area contributed by atoms with Crippen molar-refractivity contribution >= 4 is 16.9 Å². The summed E-state index contributed by atoms with van der Waals surface area (Å²) in [6.07, 6.45) is 2.77. The summed E-state index contributed by atoms with van der Waals surface area (Å²) in [4.78, 5) is 19.7. The second-order valence-electron chi connectivity index (χ2n) is 6.11. The average Bonchev–Trinajstić information content (AvgIpc) is 3.06. The van der Waals surface area contributed by atoms with Gasteiger partial charge in [0.15, 0.2) is 0 Å². The van der Waals surface area contributed by atoms with E-state index in [1.54, 1.807) is 6.33 Å². The molecule has 0 bridgehead atoms. The van der Waals surface area contributed by atoms with E-state index in [9.17, 15) is 4.79 Å². The minimum Gasteiger partial charge on any atom is -0.345 e. The van der Waals surface area contributed by atoms with Gasteiger partial charge in [-0.05, 0) is 36.6 Å². The van der Waals surface area contributed by atoms with Gasteiger partial charge in [0.1, 0.15) is 0 Å². The van der Waals surface area contributed by atoms with Gasteiger partial charge in [-0.2, -0.15) is 0 Å². The topological polar surface area (TPSA) is 83.8 Å². The van der Waals surface area contributed by atoms with Crippen LogP contribution < -0.4 is 11.1 Å². The SMILES string of the molecule is CC(N)CCC(=O)NC(c1ccccc1)c1ccc2nc[nH]c2c1. The normalized spacial score (nSPS) is 13.6. The first-order valence-corrected chi connectivity index (χ1v) is 8.16. The van der Waals surface area contributed by atoms with Crippen LogP contribution >= 0.6 is 0 Å². The average molecular weight is 322 g/mol. The lowest BCUT2D eigenvalue weighted by molar-refractivity contribution is -0.121. The number of carbonyl (C=O) groups is 1. The first kappa shape index (κ1) is 16.2. The van der Waals surface area contributed by atoms with Gasteiger partial charge in [0.2, 0.25) is 5.91 Å². The van der Waals surface area contributed by atoms with Gasteiger partial charge >= 0.3 is 0 Å². The number of nitrogens with two attached hydrogens (primary N) is 1. The lowest BCUT2D eigenvalue weighted by Crippen LogP contribution is -2.30. The van der Waals surface area contributed by atoms with Crippen LogP contribution in [0.1, 0.15) is 36.9 Å². The predicted molar refractivity (Wildman–Crippen MR) is 95.4 cm³/mol. The third-order valence-electron chi connectivity index (χ3n) is 4.04. The smallest absolute Gasteiger partial charge is 0.220 e. The second kappa shape index (κ2) is 7.27. The number of hydrogen-bond donors (Lipinski definition) is 3. The molecule has 5 heteroatoms. The van der Waals surface area contributed by atoms with Crippen LogP contribution in [-0.2, 0) is 4.79 Å². The van der Waals surface area contributed by atoms with Gasteiger partial charge in [-0.3, -0.25) is 4.79 Å². The molecule has 3 aromatic rings. The van der Waals surface area contributed by atoms with Crippen LogP contribution in [0.2, 0.25) is 0 Å². The standard InChI is InChI=1S/C19H22N4O/c1-13(20)7-10-18(24)23-19(14-5-3-2-4-6-14)15-8-9-16-17(11-15)22-12-21-16/h2-6,8-9,11-13,19H,7,10,20H2,1H3,(H,21,22)(H,23,24). The number of imidazole rings is 1. The number of aromatic amines is 1. The maximum absolute atomic E-state index is 12.3. The monoisotopic (exact) mass is 322 g/mol. The summed E-state index contributed by atoms with van der Waals surface area (Å²) in [5, 5.41) is 3.13. The van der Waals surface area contributed by atoms with Crippen molar-refractivity contribution in [3.63, 3.8) is 0 Å². The Labute approximate surface area is 141 Å². The summed E-state index contributed by atoms with van der Waals surface area (Å²) < 4.78 is 0. The van der Waals surface area contributed by atoms with Gasteiger partial charge in [0, 0.05) is 12.5 Å². The Morgan fingerprint density at radius 2 is 2.00 bits per heavy atom. The summed E-state index contributed by atoms with van der Waals surface area (Å²) in [6, 6.07) is 15.8. The molecule has 0 aliphatic heterocycles. The molecule has 24 heavy (non-hydrogen) atoms. The molecule has 124 valence electrons. The van der Waals surface area contributed by atoms with Gasteiger partial charge in [-0.25, -0.2) is 4.98 Å². The van der Waals surface area contributed by atoms with E-state index in [1.165, 1.54) is 0 Å². The first-order valence-electron chi connectivity index (χ1n) is 8.16. The van der Waals surface area contributed by atoms with Gasteiger partial charge in [-0.1, -0.05) is 36.4 Å². The van der Waals surface area contributed by atoms with E-state index in [2.05, 4.69) is 15.3 Å². The van der Waals surface area contributed by atoms with Crippen molar-refractivity contribution in [1.82, 2.24) is 15.3 Å². The van der Waals surface area contributed by atoms with Crippen LogP contribution in [0, 0.1) is 0 Å². The Bertz CT molecular complexity index is 810. The Balaban J connectivity index is 1.88. The van der Waals surface area contributed by atoms with Crippen LogP contribution in [0.25, 0.3) is 11.0 Å². The van der Waals surface area contributed by atoms with E-state index in [0.717, 1.165) is 22.2 Å². The van der Waals surface area contributed by atoms with Crippen molar-refractivity contribution in [2.45, 2.75) is 31.8 Å². The van der Waals surface area contributed by atoms with E-state index >= 15 is 0 Å². The van der Waals surface area contributed by atoms with Crippen molar-refractivity contribution in [2.24, 2.45) is 5.73 Å². The highest BCUT2D eigenvalue weighted by Crippen LogP contribution is 2.24. The maximum Gasteiger partial charge on any atom is 0.220 e. The van der Waals surface area contributed by atoms with E-state index in [1.807, 2.05) is 55.5 Å². The fourth-order valence-corrected chi connectivity index (χ4v) is 2.73. The molecule has 0 fully saturated rings. The Hall–Kier alpha value is -2.66. The predicted octanol–water partition coefficient (Wildman–Crippen LogP) is 2.90. The molecule has 4 N–H and O–H groups in total.